The SMILES string of the molecule is COCCOc1ccc(N)cn1. The van der Waals surface area contributed by atoms with Crippen molar-refractivity contribution in [3.05, 3.63) is 18.3 Å². The van der Waals surface area contributed by atoms with Crippen molar-refractivity contribution >= 4 is 5.69 Å². The third-order valence-corrected chi connectivity index (χ3v) is 1.30. The second kappa shape index (κ2) is 4.56. The Kier molecular flexibility index (Phi) is 3.35. The van der Waals surface area contributed by atoms with E-state index in [1.807, 2.05) is 0 Å². The third kappa shape index (κ3) is 2.75. The van der Waals surface area contributed by atoms with Gasteiger partial charge in [0.2, 0.25) is 5.88 Å². The number of rotatable bonds is 4. The quantitative estimate of drug-likeness (QED) is 0.672. The summed E-state index contributed by atoms with van der Waals surface area (Å²) in [6, 6.07) is 3.47. The molecule has 1 heterocycles. The molecule has 0 aromatic carbocycles. The number of pyridine rings is 1. The molecule has 0 bridgehead atoms. The standard InChI is InChI=1S/C8H12N2O2/c1-11-4-5-12-8-3-2-7(9)6-10-8/h2-3,6H,4-5,9H2,1H3. The van der Waals surface area contributed by atoms with Crippen LogP contribution in [0, 0.1) is 0 Å². The van der Waals surface area contributed by atoms with Crippen molar-refractivity contribution in [1.82, 2.24) is 4.98 Å². The van der Waals surface area contributed by atoms with Crippen LogP contribution >= 0.6 is 0 Å². The maximum Gasteiger partial charge on any atom is 0.213 e. The normalized spacial score (nSPS) is 9.75. The predicted molar refractivity (Wildman–Crippen MR) is 46.0 cm³/mol. The number of methoxy groups -OCH3 is 1. The van der Waals surface area contributed by atoms with Crippen LogP contribution < -0.4 is 10.5 Å². The Bertz CT molecular complexity index is 223. The Morgan fingerprint density at radius 2 is 2.25 bits per heavy atom. The second-order valence-corrected chi connectivity index (χ2v) is 2.27. The van der Waals surface area contributed by atoms with Gasteiger partial charge in [0.25, 0.3) is 0 Å². The summed E-state index contributed by atoms with van der Waals surface area (Å²) in [6.45, 7) is 1.07. The molecule has 0 radical (unpaired) electrons. The molecule has 1 rings (SSSR count). The Labute approximate surface area is 71.3 Å². The average molecular weight is 168 g/mol. The number of hydrogen-bond donors (Lipinski definition) is 1. The van der Waals surface area contributed by atoms with E-state index in [1.165, 1.54) is 0 Å². The molecule has 66 valence electrons. The van der Waals surface area contributed by atoms with Crippen LogP contribution in [0.5, 0.6) is 5.88 Å². The molecule has 0 aliphatic heterocycles. The Balaban J connectivity index is 2.37. The van der Waals surface area contributed by atoms with Crippen molar-refractivity contribution in [2.45, 2.75) is 0 Å². The molecule has 0 fully saturated rings. The lowest BCUT2D eigenvalue weighted by Gasteiger charge is -2.03. The number of hydrogen-bond acceptors (Lipinski definition) is 4. The second-order valence-electron chi connectivity index (χ2n) is 2.27. The molecule has 0 unspecified atom stereocenters. The summed E-state index contributed by atoms with van der Waals surface area (Å²) in [7, 11) is 1.62. The van der Waals surface area contributed by atoms with E-state index in [2.05, 4.69) is 4.98 Å². The van der Waals surface area contributed by atoms with Crippen molar-refractivity contribution in [3.63, 3.8) is 0 Å². The molecule has 4 nitrogen and oxygen atoms in total. The van der Waals surface area contributed by atoms with Crippen LogP contribution in [-0.2, 0) is 4.74 Å². The fraction of sp³-hybridized carbons (Fsp3) is 0.375. The van der Waals surface area contributed by atoms with Gasteiger partial charge < -0.3 is 15.2 Å². The number of aromatic nitrogens is 1. The van der Waals surface area contributed by atoms with E-state index in [-0.39, 0.29) is 0 Å². The van der Waals surface area contributed by atoms with Crippen molar-refractivity contribution < 1.29 is 9.47 Å². The van der Waals surface area contributed by atoms with Gasteiger partial charge in [0, 0.05) is 13.2 Å². The van der Waals surface area contributed by atoms with E-state index >= 15 is 0 Å². The van der Waals surface area contributed by atoms with Gasteiger partial charge in [0.15, 0.2) is 0 Å². The molecule has 0 saturated heterocycles. The van der Waals surface area contributed by atoms with E-state index < -0.39 is 0 Å². The number of nitrogens with two attached hydrogens (primary N) is 1. The maximum atomic E-state index is 5.44. The zero-order valence-electron chi connectivity index (χ0n) is 6.99. The van der Waals surface area contributed by atoms with Crippen LogP contribution in [0.4, 0.5) is 5.69 Å². The highest BCUT2D eigenvalue weighted by molar-refractivity contribution is 5.35. The lowest BCUT2D eigenvalue weighted by molar-refractivity contribution is 0.144. The van der Waals surface area contributed by atoms with E-state index in [9.17, 15) is 0 Å². The summed E-state index contributed by atoms with van der Waals surface area (Å²) in [5.74, 6) is 0.571. The van der Waals surface area contributed by atoms with Crippen LogP contribution in [0.1, 0.15) is 0 Å². The molecular formula is C8H12N2O2. The van der Waals surface area contributed by atoms with Crippen LogP contribution in [0.3, 0.4) is 0 Å². The van der Waals surface area contributed by atoms with Gasteiger partial charge in [-0.25, -0.2) is 4.98 Å². The van der Waals surface area contributed by atoms with Gasteiger partial charge in [-0.1, -0.05) is 0 Å². The average Bonchev–Trinajstić information content (AvgIpc) is 2.09. The molecule has 2 N–H and O–H groups in total. The topological polar surface area (TPSA) is 57.4 Å². The summed E-state index contributed by atoms with van der Waals surface area (Å²) in [5, 5.41) is 0. The molecule has 0 spiro atoms. The van der Waals surface area contributed by atoms with E-state index in [4.69, 9.17) is 15.2 Å². The van der Waals surface area contributed by atoms with Crippen molar-refractivity contribution in [3.8, 4) is 5.88 Å². The van der Waals surface area contributed by atoms with Gasteiger partial charge in [-0.3, -0.25) is 0 Å². The molecule has 0 amide bonds. The van der Waals surface area contributed by atoms with E-state index in [0.29, 0.717) is 24.8 Å². The molecule has 1 aromatic rings. The number of nitrogen functional groups attached to an aromatic ring is 1. The maximum absolute atomic E-state index is 5.44. The zero-order chi connectivity index (χ0) is 8.81. The fourth-order valence-electron chi connectivity index (χ4n) is 0.707. The molecule has 1 aromatic heterocycles. The number of anilines is 1. The molecule has 4 heteroatoms. The van der Waals surface area contributed by atoms with Gasteiger partial charge in [-0.05, 0) is 6.07 Å². The van der Waals surface area contributed by atoms with Gasteiger partial charge in [-0.15, -0.1) is 0 Å². The Hall–Kier alpha value is -1.29. The first kappa shape index (κ1) is 8.80. The molecule has 12 heavy (non-hydrogen) atoms. The fourth-order valence-corrected chi connectivity index (χ4v) is 0.707. The first-order chi connectivity index (χ1) is 5.83. The van der Waals surface area contributed by atoms with Gasteiger partial charge in [0.05, 0.1) is 18.5 Å². The monoisotopic (exact) mass is 168 g/mol. The highest BCUT2D eigenvalue weighted by Crippen LogP contribution is 2.07. The van der Waals surface area contributed by atoms with Crippen LogP contribution in [-0.4, -0.2) is 25.3 Å². The van der Waals surface area contributed by atoms with Crippen molar-refractivity contribution in [1.29, 1.82) is 0 Å². The van der Waals surface area contributed by atoms with E-state index in [0.717, 1.165) is 0 Å². The highest BCUT2D eigenvalue weighted by Gasteiger charge is 1.92. The minimum Gasteiger partial charge on any atom is -0.475 e. The minimum atomic E-state index is 0.507. The lowest BCUT2D eigenvalue weighted by atomic mass is 10.4. The Morgan fingerprint density at radius 1 is 1.42 bits per heavy atom. The number of ether oxygens (including phenoxy) is 2. The number of nitrogens with zero attached hydrogens (tertiary/aromatic N) is 1. The molecule has 0 aliphatic rings. The first-order valence-corrected chi connectivity index (χ1v) is 3.66. The molecule has 0 aliphatic carbocycles. The summed E-state index contributed by atoms with van der Waals surface area (Å²) in [6.07, 6.45) is 1.56. The van der Waals surface area contributed by atoms with Crippen molar-refractivity contribution in [2.75, 3.05) is 26.1 Å². The highest BCUT2D eigenvalue weighted by atomic mass is 16.5. The van der Waals surface area contributed by atoms with Gasteiger partial charge >= 0.3 is 0 Å². The summed E-state index contributed by atoms with van der Waals surface area (Å²) in [4.78, 5) is 3.95. The largest absolute Gasteiger partial charge is 0.475 e. The smallest absolute Gasteiger partial charge is 0.213 e. The lowest BCUT2D eigenvalue weighted by Crippen LogP contribution is -2.05. The molecule has 0 atom stereocenters. The van der Waals surface area contributed by atoms with Crippen LogP contribution in [0.25, 0.3) is 0 Å². The third-order valence-electron chi connectivity index (χ3n) is 1.30. The predicted octanol–water partition coefficient (Wildman–Crippen LogP) is 0.689. The zero-order valence-corrected chi connectivity index (χ0v) is 6.99. The first-order valence-electron chi connectivity index (χ1n) is 3.66. The summed E-state index contributed by atoms with van der Waals surface area (Å²) in [5.41, 5.74) is 6.07. The molecular weight excluding hydrogens is 156 g/mol. The van der Waals surface area contributed by atoms with Gasteiger partial charge in [-0.2, -0.15) is 0 Å². The van der Waals surface area contributed by atoms with Gasteiger partial charge in [0.1, 0.15) is 6.61 Å². The Morgan fingerprint density at radius 3 is 2.83 bits per heavy atom. The van der Waals surface area contributed by atoms with Crippen LogP contribution in [0.2, 0.25) is 0 Å². The van der Waals surface area contributed by atoms with E-state index in [1.54, 1.807) is 25.4 Å². The minimum absolute atomic E-state index is 0.507. The summed E-state index contributed by atoms with van der Waals surface area (Å²) < 4.78 is 10.0. The van der Waals surface area contributed by atoms with Crippen LogP contribution in [0.15, 0.2) is 18.3 Å². The van der Waals surface area contributed by atoms with Crippen molar-refractivity contribution in [2.24, 2.45) is 0 Å². The summed E-state index contributed by atoms with van der Waals surface area (Å²) >= 11 is 0. The molecule has 0 saturated carbocycles.